The summed E-state index contributed by atoms with van der Waals surface area (Å²) >= 11 is 0. The fraction of sp³-hybridized carbons (Fsp3) is 0.833. The van der Waals surface area contributed by atoms with Gasteiger partial charge in [0.15, 0.2) is 6.10 Å². The Morgan fingerprint density at radius 2 is 2.33 bits per heavy atom. The molecule has 0 aromatic rings. The van der Waals surface area contributed by atoms with Crippen molar-refractivity contribution in [3.05, 3.63) is 0 Å². The molecule has 2 aliphatic rings. The van der Waals surface area contributed by atoms with Crippen molar-refractivity contribution in [1.82, 2.24) is 0 Å². The zero-order chi connectivity index (χ0) is 6.27. The Balaban J connectivity index is 1.91. The van der Waals surface area contributed by atoms with Gasteiger partial charge in [0.25, 0.3) is 0 Å². The first-order valence-corrected chi connectivity index (χ1v) is 3.17. The fourth-order valence-electron chi connectivity index (χ4n) is 0.993. The molecule has 9 heavy (non-hydrogen) atoms. The number of hydrogen-bond donors (Lipinski definition) is 0. The molecule has 50 valence electrons. The lowest BCUT2D eigenvalue weighted by Crippen LogP contribution is -2.14. The maximum Gasteiger partial charge on any atom is 0.161 e. The van der Waals surface area contributed by atoms with E-state index in [-0.39, 0.29) is 6.10 Å². The van der Waals surface area contributed by atoms with E-state index >= 15 is 0 Å². The van der Waals surface area contributed by atoms with Crippen molar-refractivity contribution < 1.29 is 9.57 Å². The minimum absolute atomic E-state index is 0.227. The SMILES string of the molecule is CC1=NO[C@@H]([C@@H]2CO2)C1. The quantitative estimate of drug-likeness (QED) is 0.482. The largest absolute Gasteiger partial charge is 0.389 e. The van der Waals surface area contributed by atoms with Crippen LogP contribution in [0.15, 0.2) is 5.16 Å². The molecule has 0 unspecified atom stereocenters. The summed E-state index contributed by atoms with van der Waals surface area (Å²) in [5.74, 6) is 0. The highest BCUT2D eigenvalue weighted by atomic mass is 16.7. The highest BCUT2D eigenvalue weighted by Gasteiger charge is 2.37. The van der Waals surface area contributed by atoms with Crippen LogP contribution < -0.4 is 0 Å². The molecule has 0 spiro atoms. The van der Waals surface area contributed by atoms with Crippen molar-refractivity contribution in [2.45, 2.75) is 25.6 Å². The van der Waals surface area contributed by atoms with E-state index in [4.69, 9.17) is 9.57 Å². The summed E-state index contributed by atoms with van der Waals surface area (Å²) in [7, 11) is 0. The zero-order valence-electron chi connectivity index (χ0n) is 5.33. The molecule has 2 heterocycles. The zero-order valence-corrected chi connectivity index (χ0v) is 5.33. The van der Waals surface area contributed by atoms with Crippen LogP contribution in [0.3, 0.4) is 0 Å². The van der Waals surface area contributed by atoms with E-state index in [0.717, 1.165) is 18.7 Å². The molecule has 0 amide bonds. The third kappa shape index (κ3) is 0.920. The van der Waals surface area contributed by atoms with Crippen LogP contribution >= 0.6 is 0 Å². The Hall–Kier alpha value is -0.570. The summed E-state index contributed by atoms with van der Waals surface area (Å²) in [6.45, 7) is 2.83. The van der Waals surface area contributed by atoms with Crippen molar-refractivity contribution in [2.75, 3.05) is 6.61 Å². The van der Waals surface area contributed by atoms with Crippen LogP contribution in [0, 0.1) is 0 Å². The molecule has 2 aliphatic heterocycles. The number of nitrogens with zero attached hydrogens (tertiary/aromatic N) is 1. The molecule has 0 bridgehead atoms. The van der Waals surface area contributed by atoms with E-state index in [1.807, 2.05) is 6.92 Å². The van der Waals surface area contributed by atoms with Gasteiger partial charge in [0, 0.05) is 6.42 Å². The molecule has 0 aromatic carbocycles. The second kappa shape index (κ2) is 1.70. The lowest BCUT2D eigenvalue weighted by atomic mass is 10.1. The van der Waals surface area contributed by atoms with Crippen molar-refractivity contribution in [1.29, 1.82) is 0 Å². The van der Waals surface area contributed by atoms with Crippen LogP contribution in [-0.2, 0) is 9.57 Å². The standard InChI is InChI=1S/C6H9NO2/c1-4-2-5(9-7-4)6-3-8-6/h5-6H,2-3H2,1H3/t5-,6+/m1/s1. The smallest absolute Gasteiger partial charge is 0.161 e. The van der Waals surface area contributed by atoms with Gasteiger partial charge in [0.05, 0.1) is 12.3 Å². The van der Waals surface area contributed by atoms with Crippen LogP contribution in [0.1, 0.15) is 13.3 Å². The van der Waals surface area contributed by atoms with Gasteiger partial charge in [-0.05, 0) is 6.92 Å². The lowest BCUT2D eigenvalue weighted by molar-refractivity contribution is 0.0627. The summed E-state index contributed by atoms with van der Waals surface area (Å²) in [5, 5.41) is 3.82. The average Bonchev–Trinajstić information content (AvgIpc) is 2.58. The third-order valence-electron chi connectivity index (χ3n) is 1.61. The topological polar surface area (TPSA) is 34.1 Å². The predicted molar refractivity (Wildman–Crippen MR) is 32.3 cm³/mol. The number of rotatable bonds is 1. The van der Waals surface area contributed by atoms with Crippen molar-refractivity contribution in [3.63, 3.8) is 0 Å². The first-order chi connectivity index (χ1) is 4.36. The molecular formula is C6H9NO2. The van der Waals surface area contributed by atoms with E-state index in [2.05, 4.69) is 5.16 Å². The van der Waals surface area contributed by atoms with Gasteiger partial charge < -0.3 is 9.57 Å². The van der Waals surface area contributed by atoms with Gasteiger partial charge in [-0.25, -0.2) is 0 Å². The van der Waals surface area contributed by atoms with E-state index < -0.39 is 0 Å². The maximum atomic E-state index is 5.05. The Morgan fingerprint density at radius 1 is 1.56 bits per heavy atom. The van der Waals surface area contributed by atoms with Crippen molar-refractivity contribution in [3.8, 4) is 0 Å². The van der Waals surface area contributed by atoms with Gasteiger partial charge in [0.2, 0.25) is 0 Å². The Kier molecular flexibility index (Phi) is 0.990. The fourth-order valence-corrected chi connectivity index (χ4v) is 0.993. The molecule has 0 aromatic heterocycles. The van der Waals surface area contributed by atoms with Crippen LogP contribution in [0.25, 0.3) is 0 Å². The van der Waals surface area contributed by atoms with Gasteiger partial charge in [0.1, 0.15) is 6.10 Å². The van der Waals surface area contributed by atoms with E-state index in [1.165, 1.54) is 0 Å². The number of epoxide rings is 1. The van der Waals surface area contributed by atoms with Gasteiger partial charge in [-0.1, -0.05) is 5.16 Å². The molecule has 1 saturated heterocycles. The van der Waals surface area contributed by atoms with Crippen LogP contribution in [0.5, 0.6) is 0 Å². The minimum Gasteiger partial charge on any atom is -0.389 e. The predicted octanol–water partition coefficient (Wildman–Crippen LogP) is 0.550. The van der Waals surface area contributed by atoms with Gasteiger partial charge >= 0.3 is 0 Å². The molecule has 0 N–H and O–H groups in total. The van der Waals surface area contributed by atoms with E-state index in [0.29, 0.717) is 6.10 Å². The van der Waals surface area contributed by atoms with Crippen LogP contribution in [0.2, 0.25) is 0 Å². The second-order valence-electron chi connectivity index (χ2n) is 2.55. The van der Waals surface area contributed by atoms with Crippen LogP contribution in [0.4, 0.5) is 0 Å². The Bertz CT molecular complexity index is 151. The molecular weight excluding hydrogens is 118 g/mol. The summed E-state index contributed by atoms with van der Waals surface area (Å²) in [6.07, 6.45) is 1.51. The normalized spacial score (nSPS) is 39.9. The van der Waals surface area contributed by atoms with Crippen LogP contribution in [-0.4, -0.2) is 24.5 Å². The monoisotopic (exact) mass is 127 g/mol. The highest BCUT2D eigenvalue weighted by molar-refractivity contribution is 5.82. The van der Waals surface area contributed by atoms with Crippen molar-refractivity contribution in [2.24, 2.45) is 5.16 Å². The van der Waals surface area contributed by atoms with Crippen molar-refractivity contribution >= 4 is 5.71 Å². The van der Waals surface area contributed by atoms with E-state index in [9.17, 15) is 0 Å². The minimum atomic E-state index is 0.227. The van der Waals surface area contributed by atoms with Gasteiger partial charge in [-0.15, -0.1) is 0 Å². The molecule has 2 atom stereocenters. The number of hydrogen-bond acceptors (Lipinski definition) is 3. The first kappa shape index (κ1) is 5.23. The summed E-state index contributed by atoms with van der Waals surface area (Å²) in [5.41, 5.74) is 1.08. The third-order valence-corrected chi connectivity index (χ3v) is 1.61. The Labute approximate surface area is 53.6 Å². The lowest BCUT2D eigenvalue weighted by Gasteiger charge is -2.00. The first-order valence-electron chi connectivity index (χ1n) is 3.17. The molecule has 2 rings (SSSR count). The average molecular weight is 127 g/mol. The van der Waals surface area contributed by atoms with Gasteiger partial charge in [-0.3, -0.25) is 0 Å². The highest BCUT2D eigenvalue weighted by Crippen LogP contribution is 2.23. The second-order valence-corrected chi connectivity index (χ2v) is 2.55. The van der Waals surface area contributed by atoms with Gasteiger partial charge in [-0.2, -0.15) is 0 Å². The number of ether oxygens (including phenoxy) is 1. The molecule has 0 aliphatic carbocycles. The van der Waals surface area contributed by atoms with E-state index in [1.54, 1.807) is 0 Å². The number of oxime groups is 1. The Morgan fingerprint density at radius 3 is 2.78 bits per heavy atom. The summed E-state index contributed by atoms with van der Waals surface area (Å²) < 4.78 is 5.04. The molecule has 3 nitrogen and oxygen atoms in total. The molecule has 0 radical (unpaired) electrons. The molecule has 3 heteroatoms. The summed E-state index contributed by atoms with van der Waals surface area (Å²) in [4.78, 5) is 5.05. The molecule has 1 fully saturated rings. The maximum absolute atomic E-state index is 5.05. The summed E-state index contributed by atoms with van der Waals surface area (Å²) in [6, 6.07) is 0. The molecule has 0 saturated carbocycles.